The number of amides is 1. The Hall–Kier alpha value is -1.60. The summed E-state index contributed by atoms with van der Waals surface area (Å²) < 4.78 is 5.45. The van der Waals surface area contributed by atoms with Crippen LogP contribution in [0.1, 0.15) is 12.8 Å². The summed E-state index contributed by atoms with van der Waals surface area (Å²) in [6.45, 7) is 3.39. The van der Waals surface area contributed by atoms with Crippen molar-refractivity contribution in [1.82, 2.24) is 14.9 Å². The summed E-state index contributed by atoms with van der Waals surface area (Å²) in [6.07, 6.45) is 1.55. The lowest BCUT2D eigenvalue weighted by atomic mass is 10.2. The van der Waals surface area contributed by atoms with Gasteiger partial charge in [-0.2, -0.15) is 4.98 Å². The van der Waals surface area contributed by atoms with E-state index in [2.05, 4.69) is 14.9 Å². The van der Waals surface area contributed by atoms with Crippen LogP contribution in [0, 0.1) is 0 Å². The number of nitrogens with zero attached hydrogens (tertiary/aromatic N) is 4. The van der Waals surface area contributed by atoms with E-state index in [9.17, 15) is 4.79 Å². The van der Waals surface area contributed by atoms with Crippen LogP contribution < -0.4 is 10.6 Å². The van der Waals surface area contributed by atoms with Crippen LogP contribution in [-0.4, -0.2) is 59.7 Å². The van der Waals surface area contributed by atoms with E-state index < -0.39 is 0 Å². The molecule has 0 saturated carbocycles. The van der Waals surface area contributed by atoms with Crippen molar-refractivity contribution >= 4 is 29.3 Å². The fraction of sp³-hybridized carbons (Fsp3) is 0.615. The predicted octanol–water partition coefficient (Wildman–Crippen LogP) is 0.540. The van der Waals surface area contributed by atoms with Gasteiger partial charge in [0.25, 0.3) is 5.91 Å². The maximum absolute atomic E-state index is 12.3. The summed E-state index contributed by atoms with van der Waals surface area (Å²) >= 11 is 5.90. The maximum atomic E-state index is 12.3. The lowest BCUT2D eigenvalue weighted by Gasteiger charge is -2.36. The first-order chi connectivity index (χ1) is 10.1. The number of nitrogen functional groups attached to an aromatic ring is 1. The number of nitrogens with two attached hydrogens (primary N) is 1. The van der Waals surface area contributed by atoms with E-state index in [1.165, 1.54) is 0 Å². The van der Waals surface area contributed by atoms with E-state index in [4.69, 9.17) is 22.1 Å². The smallest absolute Gasteiger partial charge is 0.251 e. The van der Waals surface area contributed by atoms with Crippen LogP contribution in [0.5, 0.6) is 0 Å². The minimum absolute atomic E-state index is 0.104. The number of aromatic nitrogens is 2. The molecule has 0 radical (unpaired) electrons. The van der Waals surface area contributed by atoms with Crippen molar-refractivity contribution in [3.63, 3.8) is 0 Å². The summed E-state index contributed by atoms with van der Waals surface area (Å²) in [4.78, 5) is 24.2. The lowest BCUT2D eigenvalue weighted by molar-refractivity contribution is -0.141. The van der Waals surface area contributed by atoms with Gasteiger partial charge in [-0.25, -0.2) is 4.98 Å². The van der Waals surface area contributed by atoms with E-state index in [0.717, 1.165) is 12.8 Å². The van der Waals surface area contributed by atoms with Crippen molar-refractivity contribution in [2.75, 3.05) is 43.4 Å². The second kappa shape index (κ2) is 6.03. The van der Waals surface area contributed by atoms with E-state index in [1.54, 1.807) is 6.07 Å². The van der Waals surface area contributed by atoms with Gasteiger partial charge in [0.15, 0.2) is 0 Å². The highest BCUT2D eigenvalue weighted by Crippen LogP contribution is 2.20. The standard InChI is InChI=1S/C13H18ClN5O2/c14-10-8-11(17-13(15)16-10)18-3-5-19(6-4-18)12(20)9-2-1-7-21-9/h8-9H,1-7H2,(H2,15,16,17)/t9-/m1/s1. The molecular formula is C13H18ClN5O2. The fourth-order valence-electron chi connectivity index (χ4n) is 2.72. The molecule has 2 aliphatic heterocycles. The number of hydrogen-bond donors (Lipinski definition) is 1. The van der Waals surface area contributed by atoms with Gasteiger partial charge < -0.3 is 20.3 Å². The molecule has 1 aromatic heterocycles. The van der Waals surface area contributed by atoms with Gasteiger partial charge in [-0.3, -0.25) is 4.79 Å². The third-order valence-electron chi connectivity index (χ3n) is 3.82. The zero-order valence-corrected chi connectivity index (χ0v) is 12.4. The highest BCUT2D eigenvalue weighted by Gasteiger charge is 2.30. The summed E-state index contributed by atoms with van der Waals surface area (Å²) in [7, 11) is 0. The highest BCUT2D eigenvalue weighted by molar-refractivity contribution is 6.29. The van der Waals surface area contributed by atoms with Crippen LogP contribution in [-0.2, 0) is 9.53 Å². The Morgan fingerprint density at radius 3 is 2.71 bits per heavy atom. The van der Waals surface area contributed by atoms with E-state index in [-0.39, 0.29) is 18.0 Å². The van der Waals surface area contributed by atoms with E-state index in [0.29, 0.717) is 43.8 Å². The molecule has 2 saturated heterocycles. The molecule has 1 amide bonds. The first kappa shape index (κ1) is 14.3. The zero-order chi connectivity index (χ0) is 14.8. The molecule has 1 aromatic rings. The highest BCUT2D eigenvalue weighted by atomic mass is 35.5. The Bertz CT molecular complexity index is 507. The summed E-state index contributed by atoms with van der Waals surface area (Å²) in [5.74, 6) is 0.972. The molecule has 114 valence electrons. The summed E-state index contributed by atoms with van der Waals surface area (Å²) in [5, 5.41) is 0.329. The molecular weight excluding hydrogens is 294 g/mol. The molecule has 0 spiro atoms. The van der Waals surface area contributed by atoms with Gasteiger partial charge in [0, 0.05) is 38.9 Å². The number of carbonyl (C=O) groups is 1. The van der Waals surface area contributed by atoms with Gasteiger partial charge >= 0.3 is 0 Å². The third-order valence-corrected chi connectivity index (χ3v) is 4.01. The number of halogens is 1. The number of anilines is 2. The molecule has 0 unspecified atom stereocenters. The van der Waals surface area contributed by atoms with Crippen molar-refractivity contribution in [2.45, 2.75) is 18.9 Å². The third kappa shape index (κ3) is 3.19. The molecule has 0 aromatic carbocycles. The Kier molecular flexibility index (Phi) is 4.12. The molecule has 8 heteroatoms. The second-order valence-corrected chi connectivity index (χ2v) is 5.61. The van der Waals surface area contributed by atoms with Gasteiger partial charge in [0.1, 0.15) is 17.1 Å². The van der Waals surface area contributed by atoms with Crippen LogP contribution in [0.25, 0.3) is 0 Å². The maximum Gasteiger partial charge on any atom is 0.251 e. The van der Waals surface area contributed by atoms with Gasteiger partial charge in [0.05, 0.1) is 0 Å². The van der Waals surface area contributed by atoms with Crippen LogP contribution in [0.15, 0.2) is 6.07 Å². The minimum Gasteiger partial charge on any atom is -0.368 e. The first-order valence-electron chi connectivity index (χ1n) is 7.09. The van der Waals surface area contributed by atoms with Crippen molar-refractivity contribution in [3.05, 3.63) is 11.2 Å². The molecule has 1 atom stereocenters. The minimum atomic E-state index is -0.249. The van der Waals surface area contributed by atoms with Gasteiger partial charge in [0.2, 0.25) is 5.95 Å². The monoisotopic (exact) mass is 311 g/mol. The van der Waals surface area contributed by atoms with Crippen molar-refractivity contribution < 1.29 is 9.53 Å². The van der Waals surface area contributed by atoms with Crippen LogP contribution in [0.4, 0.5) is 11.8 Å². The average Bonchev–Trinajstić information content (AvgIpc) is 3.00. The van der Waals surface area contributed by atoms with Crippen LogP contribution in [0.3, 0.4) is 0 Å². The molecule has 3 rings (SSSR count). The largest absolute Gasteiger partial charge is 0.368 e. The number of rotatable bonds is 2. The number of ether oxygens (including phenoxy) is 1. The number of piperazine rings is 1. The summed E-state index contributed by atoms with van der Waals surface area (Å²) in [5.41, 5.74) is 5.61. The van der Waals surface area contributed by atoms with Crippen molar-refractivity contribution in [3.8, 4) is 0 Å². The molecule has 21 heavy (non-hydrogen) atoms. The normalized spacial score (nSPS) is 22.6. The molecule has 2 N–H and O–H groups in total. The van der Waals surface area contributed by atoms with Crippen molar-refractivity contribution in [1.29, 1.82) is 0 Å². The Balaban J connectivity index is 1.60. The van der Waals surface area contributed by atoms with Gasteiger partial charge in [-0.05, 0) is 12.8 Å². The number of carbonyl (C=O) groups excluding carboxylic acids is 1. The Morgan fingerprint density at radius 2 is 2.10 bits per heavy atom. The Labute approximate surface area is 128 Å². The Morgan fingerprint density at radius 1 is 1.33 bits per heavy atom. The van der Waals surface area contributed by atoms with Gasteiger partial charge in [-0.1, -0.05) is 11.6 Å². The average molecular weight is 312 g/mol. The number of hydrogen-bond acceptors (Lipinski definition) is 6. The van der Waals surface area contributed by atoms with E-state index >= 15 is 0 Å². The van der Waals surface area contributed by atoms with E-state index in [1.807, 2.05) is 4.90 Å². The fourth-order valence-corrected chi connectivity index (χ4v) is 2.90. The zero-order valence-electron chi connectivity index (χ0n) is 11.7. The SMILES string of the molecule is Nc1nc(Cl)cc(N2CCN(C(=O)[C@H]3CCCO3)CC2)n1. The summed E-state index contributed by atoms with van der Waals surface area (Å²) in [6, 6.07) is 1.69. The van der Waals surface area contributed by atoms with Crippen LogP contribution >= 0.6 is 11.6 Å². The topological polar surface area (TPSA) is 84.6 Å². The molecule has 7 nitrogen and oxygen atoms in total. The van der Waals surface area contributed by atoms with Crippen molar-refractivity contribution in [2.24, 2.45) is 0 Å². The van der Waals surface area contributed by atoms with Crippen LogP contribution in [0.2, 0.25) is 5.15 Å². The second-order valence-electron chi connectivity index (χ2n) is 5.22. The predicted molar refractivity (Wildman–Crippen MR) is 79.2 cm³/mol. The molecule has 2 aliphatic rings. The molecule has 0 bridgehead atoms. The first-order valence-corrected chi connectivity index (χ1v) is 7.46. The molecule has 0 aliphatic carbocycles. The molecule has 2 fully saturated rings. The van der Waals surface area contributed by atoms with Gasteiger partial charge in [-0.15, -0.1) is 0 Å². The molecule has 3 heterocycles. The quantitative estimate of drug-likeness (QED) is 0.803. The lowest BCUT2D eigenvalue weighted by Crippen LogP contribution is -2.51.